The lowest BCUT2D eigenvalue weighted by atomic mass is 9.44. The van der Waals surface area contributed by atoms with Gasteiger partial charge in [-0.05, 0) is 73.8 Å². The van der Waals surface area contributed by atoms with E-state index in [1.807, 2.05) is 18.2 Å². The monoisotopic (exact) mass is 416 g/mol. The van der Waals surface area contributed by atoms with Crippen LogP contribution in [-0.4, -0.2) is 34.2 Å². The van der Waals surface area contributed by atoms with Crippen LogP contribution in [0.2, 0.25) is 0 Å². The number of hydrogen-bond acceptors (Lipinski definition) is 2. The third-order valence-corrected chi connectivity index (χ3v) is 8.67. The molecule has 0 aromatic heterocycles. The van der Waals surface area contributed by atoms with Gasteiger partial charge < -0.3 is 15.3 Å². The van der Waals surface area contributed by atoms with Crippen LogP contribution >= 0.6 is 0 Å². The lowest BCUT2D eigenvalue weighted by Gasteiger charge is -2.65. The van der Waals surface area contributed by atoms with E-state index in [9.17, 15) is 9.90 Å². The van der Waals surface area contributed by atoms with E-state index in [4.69, 9.17) is 0 Å². The number of amides is 2. The highest BCUT2D eigenvalue weighted by Gasteiger charge is 2.65. The third-order valence-electron chi connectivity index (χ3n) is 8.67. The van der Waals surface area contributed by atoms with Gasteiger partial charge in [0.1, 0.15) is 0 Å². The number of hydrogen-bond donors (Lipinski definition) is 2. The Balaban J connectivity index is 1.38. The van der Waals surface area contributed by atoms with Crippen molar-refractivity contribution in [2.24, 2.45) is 17.3 Å². The minimum Gasteiger partial charge on any atom is -0.390 e. The van der Waals surface area contributed by atoms with Crippen molar-refractivity contribution < 1.29 is 9.90 Å². The maximum absolute atomic E-state index is 13.4. The summed E-state index contributed by atoms with van der Waals surface area (Å²) in [5, 5.41) is 14.8. The van der Waals surface area contributed by atoms with Gasteiger partial charge >= 0.3 is 6.03 Å². The van der Waals surface area contributed by atoms with Crippen LogP contribution in [0.5, 0.6) is 0 Å². The predicted octanol–water partition coefficient (Wildman–Crippen LogP) is 4.48. The Hall–Kier alpha value is -2.33. The number of benzene rings is 2. The molecule has 0 spiro atoms. The fraction of sp³-hybridized carbons (Fsp3) is 0.519. The number of carbonyl (C=O) groups is 1. The van der Waals surface area contributed by atoms with Crippen LogP contribution in [0, 0.1) is 17.3 Å². The molecule has 2 aromatic rings. The lowest BCUT2D eigenvalue weighted by Crippen LogP contribution is -2.68. The molecule has 31 heavy (non-hydrogen) atoms. The maximum atomic E-state index is 13.4. The fourth-order valence-corrected chi connectivity index (χ4v) is 8.05. The first-order chi connectivity index (χ1) is 14.9. The molecule has 1 aliphatic heterocycles. The number of nitrogens with zero attached hydrogens (tertiary/aromatic N) is 1. The Labute approximate surface area is 184 Å². The molecule has 7 rings (SSSR count). The molecule has 162 valence electrons. The van der Waals surface area contributed by atoms with E-state index in [1.54, 1.807) is 0 Å². The van der Waals surface area contributed by atoms with Gasteiger partial charge in [-0.3, -0.25) is 0 Å². The van der Waals surface area contributed by atoms with Crippen molar-refractivity contribution in [3.63, 3.8) is 0 Å². The minimum atomic E-state index is -0.546. The van der Waals surface area contributed by atoms with Crippen molar-refractivity contribution in [1.82, 2.24) is 10.2 Å². The van der Waals surface area contributed by atoms with Crippen LogP contribution in [0.15, 0.2) is 60.7 Å². The zero-order chi connectivity index (χ0) is 21.3. The van der Waals surface area contributed by atoms with Crippen molar-refractivity contribution in [2.75, 3.05) is 6.54 Å². The van der Waals surface area contributed by atoms with Crippen molar-refractivity contribution >= 4 is 6.03 Å². The molecule has 5 fully saturated rings. The van der Waals surface area contributed by atoms with E-state index >= 15 is 0 Å². The van der Waals surface area contributed by atoms with Gasteiger partial charge in [0.05, 0.1) is 11.1 Å². The second-order valence-electron chi connectivity index (χ2n) is 11.1. The molecule has 4 nitrogen and oxygen atoms in total. The third kappa shape index (κ3) is 3.02. The molecule has 2 amide bonds. The number of nitrogens with one attached hydrogen (secondary N) is 1. The molecule has 1 saturated heterocycles. The average molecular weight is 417 g/mol. The Bertz CT molecular complexity index is 995. The highest BCUT2D eigenvalue weighted by molar-refractivity contribution is 5.79. The van der Waals surface area contributed by atoms with Gasteiger partial charge in [0.2, 0.25) is 0 Å². The standard InChI is InChI=1S/C27H32N2O2/c1-25(22-10-6-3-7-11-22)18-29(24(30)28-25)23-21-12-20-14-26(23,17-27(31,15-20)16-21)13-19-8-4-2-5-9-19/h2-11,20-21,23,31H,12-18H2,1H3,(H,28,30). The minimum absolute atomic E-state index is 0.0422. The van der Waals surface area contributed by atoms with E-state index in [0.29, 0.717) is 18.4 Å². The summed E-state index contributed by atoms with van der Waals surface area (Å²) in [7, 11) is 0. The van der Waals surface area contributed by atoms with Crippen LogP contribution in [0.25, 0.3) is 0 Å². The molecule has 4 heteroatoms. The molecular formula is C27H32N2O2. The zero-order valence-corrected chi connectivity index (χ0v) is 18.3. The maximum Gasteiger partial charge on any atom is 0.318 e. The van der Waals surface area contributed by atoms with Crippen LogP contribution in [-0.2, 0) is 12.0 Å². The van der Waals surface area contributed by atoms with Crippen LogP contribution in [0.4, 0.5) is 4.79 Å². The molecule has 4 saturated carbocycles. The zero-order valence-electron chi connectivity index (χ0n) is 18.3. The van der Waals surface area contributed by atoms with Crippen LogP contribution in [0.1, 0.15) is 50.2 Å². The predicted molar refractivity (Wildman–Crippen MR) is 120 cm³/mol. The first kappa shape index (κ1) is 19.4. The summed E-state index contributed by atoms with van der Waals surface area (Å²) in [6, 6.07) is 21.3. The summed E-state index contributed by atoms with van der Waals surface area (Å²) < 4.78 is 0. The van der Waals surface area contributed by atoms with E-state index in [-0.39, 0.29) is 23.0 Å². The van der Waals surface area contributed by atoms with Gasteiger partial charge in [0.25, 0.3) is 0 Å². The average Bonchev–Trinajstić information content (AvgIpc) is 3.03. The van der Waals surface area contributed by atoms with Crippen LogP contribution < -0.4 is 5.32 Å². The van der Waals surface area contributed by atoms with E-state index in [2.05, 4.69) is 59.6 Å². The summed E-state index contributed by atoms with van der Waals surface area (Å²) in [6.45, 7) is 2.84. The number of rotatable bonds is 4. The summed E-state index contributed by atoms with van der Waals surface area (Å²) in [5.41, 5.74) is 1.52. The summed E-state index contributed by atoms with van der Waals surface area (Å²) >= 11 is 0. The normalized spacial score (nSPS) is 40.9. The summed E-state index contributed by atoms with van der Waals surface area (Å²) in [4.78, 5) is 15.6. The van der Waals surface area contributed by atoms with Gasteiger partial charge in [-0.15, -0.1) is 0 Å². The van der Waals surface area contributed by atoms with Crippen molar-refractivity contribution in [1.29, 1.82) is 0 Å². The molecular weight excluding hydrogens is 384 g/mol. The summed E-state index contributed by atoms with van der Waals surface area (Å²) in [5.74, 6) is 0.975. The topological polar surface area (TPSA) is 52.6 Å². The quantitative estimate of drug-likeness (QED) is 0.772. The number of carbonyl (C=O) groups excluding carboxylic acids is 1. The highest BCUT2D eigenvalue weighted by atomic mass is 16.3. The molecule has 4 bridgehead atoms. The van der Waals surface area contributed by atoms with Gasteiger partial charge in [-0.1, -0.05) is 60.7 Å². The van der Waals surface area contributed by atoms with E-state index in [0.717, 1.165) is 44.1 Å². The van der Waals surface area contributed by atoms with Crippen molar-refractivity contribution in [2.45, 2.75) is 62.6 Å². The fourth-order valence-electron chi connectivity index (χ4n) is 8.05. The molecule has 4 aliphatic carbocycles. The van der Waals surface area contributed by atoms with E-state index < -0.39 is 5.60 Å². The number of aliphatic hydroxyl groups is 1. The number of urea groups is 1. The molecule has 6 atom stereocenters. The van der Waals surface area contributed by atoms with Gasteiger partial charge in [0, 0.05) is 12.6 Å². The Morgan fingerprint density at radius 1 is 1.03 bits per heavy atom. The molecule has 6 unspecified atom stereocenters. The molecule has 2 N–H and O–H groups in total. The highest BCUT2D eigenvalue weighted by Crippen LogP contribution is 2.64. The van der Waals surface area contributed by atoms with Gasteiger partial charge in [-0.25, -0.2) is 4.79 Å². The Morgan fingerprint density at radius 2 is 1.74 bits per heavy atom. The first-order valence-electron chi connectivity index (χ1n) is 11.8. The van der Waals surface area contributed by atoms with Crippen LogP contribution in [0.3, 0.4) is 0 Å². The van der Waals surface area contributed by atoms with E-state index in [1.165, 1.54) is 5.56 Å². The van der Waals surface area contributed by atoms with Gasteiger partial charge in [0.15, 0.2) is 0 Å². The molecule has 1 heterocycles. The largest absolute Gasteiger partial charge is 0.390 e. The Kier molecular flexibility index (Phi) is 4.11. The SMILES string of the molecule is CC1(c2ccccc2)CN(C2C3CC4CC(O)(C3)CC2(Cc2ccccc2)C4)C(=O)N1. The molecule has 5 aliphatic rings. The van der Waals surface area contributed by atoms with Crippen molar-refractivity contribution in [3.8, 4) is 0 Å². The summed E-state index contributed by atoms with van der Waals surface area (Å²) in [6.07, 6.45) is 5.82. The second kappa shape index (κ2) is 6.59. The molecule has 2 aromatic carbocycles. The Morgan fingerprint density at radius 3 is 2.45 bits per heavy atom. The molecule has 0 radical (unpaired) electrons. The van der Waals surface area contributed by atoms with Crippen molar-refractivity contribution in [3.05, 3.63) is 71.8 Å². The van der Waals surface area contributed by atoms with Gasteiger partial charge in [-0.2, -0.15) is 0 Å². The second-order valence-corrected chi connectivity index (χ2v) is 11.1. The lowest BCUT2D eigenvalue weighted by molar-refractivity contribution is -0.195. The smallest absolute Gasteiger partial charge is 0.318 e. The first-order valence-corrected chi connectivity index (χ1v) is 11.8.